The van der Waals surface area contributed by atoms with Crippen molar-refractivity contribution in [3.05, 3.63) is 32.8 Å². The minimum absolute atomic E-state index is 0. The summed E-state index contributed by atoms with van der Waals surface area (Å²) in [7, 11) is -3.87. The molecule has 1 aliphatic heterocycles. The Hall–Kier alpha value is -0.740. The third-order valence-electron chi connectivity index (χ3n) is 3.98. The van der Waals surface area contributed by atoms with E-state index < -0.39 is 20.6 Å². The SMILES string of the molecule is CC(N)C1CCN(S(=O)(=O)c2ccc(Br)cc2[N+](=O)[O-])CC1.Cl. The molecule has 2 rings (SSSR count). The number of nitro benzene ring substituents is 1. The molecule has 0 aliphatic carbocycles. The summed E-state index contributed by atoms with van der Waals surface area (Å²) in [5, 5.41) is 11.1. The molecule has 1 aliphatic rings. The molecule has 0 bridgehead atoms. The van der Waals surface area contributed by atoms with Gasteiger partial charge in [0.25, 0.3) is 5.69 Å². The van der Waals surface area contributed by atoms with Crippen molar-refractivity contribution in [2.75, 3.05) is 13.1 Å². The Morgan fingerprint density at radius 3 is 2.43 bits per heavy atom. The van der Waals surface area contributed by atoms with Crippen LogP contribution >= 0.6 is 28.3 Å². The molecule has 1 aromatic carbocycles. The Labute approximate surface area is 150 Å². The number of sulfonamides is 1. The zero-order valence-corrected chi connectivity index (χ0v) is 15.7. The summed E-state index contributed by atoms with van der Waals surface area (Å²) in [4.78, 5) is 10.2. The molecule has 1 heterocycles. The van der Waals surface area contributed by atoms with Crippen LogP contribution in [0.25, 0.3) is 0 Å². The van der Waals surface area contributed by atoms with Crippen LogP contribution in [0.15, 0.2) is 27.6 Å². The lowest BCUT2D eigenvalue weighted by atomic mass is 9.92. The summed E-state index contributed by atoms with van der Waals surface area (Å²) in [6.45, 7) is 2.58. The summed E-state index contributed by atoms with van der Waals surface area (Å²) in [6.07, 6.45) is 1.34. The summed E-state index contributed by atoms with van der Waals surface area (Å²) >= 11 is 3.12. The van der Waals surface area contributed by atoms with Crippen molar-refractivity contribution in [2.24, 2.45) is 11.7 Å². The van der Waals surface area contributed by atoms with Crippen molar-refractivity contribution in [3.8, 4) is 0 Å². The van der Waals surface area contributed by atoms with E-state index in [1.54, 1.807) is 0 Å². The van der Waals surface area contributed by atoms with E-state index in [1.165, 1.54) is 22.5 Å². The van der Waals surface area contributed by atoms with Gasteiger partial charge in [-0.25, -0.2) is 8.42 Å². The fourth-order valence-electron chi connectivity index (χ4n) is 2.63. The zero-order chi connectivity index (χ0) is 16.5. The molecule has 0 saturated carbocycles. The van der Waals surface area contributed by atoms with Gasteiger partial charge in [-0.1, -0.05) is 15.9 Å². The molecule has 1 unspecified atom stereocenters. The van der Waals surface area contributed by atoms with Gasteiger partial charge in [0, 0.05) is 29.7 Å². The van der Waals surface area contributed by atoms with Gasteiger partial charge in [0.2, 0.25) is 10.0 Å². The molecule has 23 heavy (non-hydrogen) atoms. The highest BCUT2D eigenvalue weighted by atomic mass is 79.9. The molecule has 7 nitrogen and oxygen atoms in total. The first kappa shape index (κ1) is 20.3. The van der Waals surface area contributed by atoms with Crippen molar-refractivity contribution in [1.29, 1.82) is 0 Å². The molecule has 0 spiro atoms. The van der Waals surface area contributed by atoms with Crippen molar-refractivity contribution >= 4 is 44.0 Å². The molecular formula is C13H19BrClN3O4S. The number of nitro groups is 1. The number of piperidine rings is 1. The maximum atomic E-state index is 12.7. The normalized spacial score (nSPS) is 18.2. The highest BCUT2D eigenvalue weighted by Gasteiger charge is 2.34. The van der Waals surface area contributed by atoms with Crippen LogP contribution in [0.5, 0.6) is 0 Å². The smallest absolute Gasteiger partial charge is 0.290 e. The van der Waals surface area contributed by atoms with Crippen LogP contribution in [0, 0.1) is 16.0 Å². The van der Waals surface area contributed by atoms with Gasteiger partial charge in [-0.3, -0.25) is 10.1 Å². The largest absolute Gasteiger partial charge is 0.328 e. The van der Waals surface area contributed by atoms with Gasteiger partial charge in [0.15, 0.2) is 4.90 Å². The Kier molecular flexibility index (Phi) is 6.96. The third kappa shape index (κ3) is 4.42. The average molecular weight is 429 g/mol. The van der Waals surface area contributed by atoms with Crippen LogP contribution in [-0.2, 0) is 10.0 Å². The highest BCUT2D eigenvalue weighted by molar-refractivity contribution is 9.10. The molecule has 1 atom stereocenters. The number of nitrogens with zero attached hydrogens (tertiary/aromatic N) is 2. The van der Waals surface area contributed by atoms with Gasteiger partial charge >= 0.3 is 0 Å². The Morgan fingerprint density at radius 2 is 1.96 bits per heavy atom. The maximum absolute atomic E-state index is 12.7. The van der Waals surface area contributed by atoms with Gasteiger partial charge in [-0.15, -0.1) is 12.4 Å². The first-order valence-corrected chi connectivity index (χ1v) is 9.16. The minimum atomic E-state index is -3.87. The second-order valence-electron chi connectivity index (χ2n) is 5.47. The number of hydrogen-bond donors (Lipinski definition) is 1. The number of rotatable bonds is 4. The van der Waals surface area contributed by atoms with Crippen LogP contribution in [0.3, 0.4) is 0 Å². The zero-order valence-electron chi connectivity index (χ0n) is 12.5. The van der Waals surface area contributed by atoms with Crippen LogP contribution < -0.4 is 5.73 Å². The van der Waals surface area contributed by atoms with E-state index in [1.807, 2.05) is 6.92 Å². The summed E-state index contributed by atoms with van der Waals surface area (Å²) in [5.41, 5.74) is 5.44. The first-order chi connectivity index (χ1) is 10.2. The molecule has 0 amide bonds. The minimum Gasteiger partial charge on any atom is -0.328 e. The van der Waals surface area contributed by atoms with Crippen LogP contribution in [0.4, 0.5) is 5.69 Å². The molecular weight excluding hydrogens is 410 g/mol. The standard InChI is InChI=1S/C13H18BrN3O4S.ClH/c1-9(15)10-4-6-16(7-5-10)22(20,21)13-3-2-11(14)8-12(13)17(18)19;/h2-3,8-10H,4-7,15H2,1H3;1H. The maximum Gasteiger partial charge on any atom is 0.290 e. The highest BCUT2D eigenvalue weighted by Crippen LogP contribution is 2.32. The summed E-state index contributed by atoms with van der Waals surface area (Å²) in [5.74, 6) is 0.284. The Balaban J connectivity index is 0.00000264. The van der Waals surface area contributed by atoms with Gasteiger partial charge < -0.3 is 5.73 Å². The van der Waals surface area contributed by atoms with Gasteiger partial charge in [-0.2, -0.15) is 4.31 Å². The molecule has 0 radical (unpaired) electrons. The summed E-state index contributed by atoms with van der Waals surface area (Å²) in [6, 6.07) is 4.00. The predicted octanol–water partition coefficient (Wildman–Crippen LogP) is 2.53. The molecule has 1 saturated heterocycles. The van der Waals surface area contributed by atoms with Crippen molar-refractivity contribution in [3.63, 3.8) is 0 Å². The van der Waals surface area contributed by atoms with Crippen LogP contribution in [0.1, 0.15) is 19.8 Å². The topological polar surface area (TPSA) is 107 Å². The lowest BCUT2D eigenvalue weighted by Crippen LogP contribution is -2.42. The predicted molar refractivity (Wildman–Crippen MR) is 93.2 cm³/mol. The van der Waals surface area contributed by atoms with Crippen molar-refractivity contribution < 1.29 is 13.3 Å². The van der Waals surface area contributed by atoms with E-state index in [0.717, 1.165) is 0 Å². The third-order valence-corrected chi connectivity index (χ3v) is 6.42. The van der Waals surface area contributed by atoms with Crippen LogP contribution in [-0.4, -0.2) is 36.8 Å². The van der Waals surface area contributed by atoms with Gasteiger partial charge in [0.1, 0.15) is 0 Å². The second kappa shape index (κ2) is 7.89. The van der Waals surface area contributed by atoms with E-state index in [2.05, 4.69) is 15.9 Å². The van der Waals surface area contributed by atoms with Crippen LogP contribution in [0.2, 0.25) is 0 Å². The molecule has 0 aromatic heterocycles. The van der Waals surface area contributed by atoms with Crippen molar-refractivity contribution in [1.82, 2.24) is 4.31 Å². The quantitative estimate of drug-likeness (QED) is 0.586. The monoisotopic (exact) mass is 427 g/mol. The number of halogens is 2. The molecule has 1 aromatic rings. The van der Waals surface area contributed by atoms with Gasteiger partial charge in [-0.05, 0) is 37.8 Å². The lowest BCUT2D eigenvalue weighted by Gasteiger charge is -2.32. The first-order valence-electron chi connectivity index (χ1n) is 6.93. The van der Waals surface area contributed by atoms with Crippen molar-refractivity contribution in [2.45, 2.75) is 30.7 Å². The number of hydrogen-bond acceptors (Lipinski definition) is 5. The second-order valence-corrected chi connectivity index (χ2v) is 8.29. The van der Waals surface area contributed by atoms with E-state index >= 15 is 0 Å². The van der Waals surface area contributed by atoms with Gasteiger partial charge in [0.05, 0.1) is 4.92 Å². The van der Waals surface area contributed by atoms with E-state index in [-0.39, 0.29) is 29.3 Å². The van der Waals surface area contributed by atoms with E-state index in [4.69, 9.17) is 5.73 Å². The molecule has 10 heteroatoms. The molecule has 2 N–H and O–H groups in total. The Bertz CT molecular complexity index is 676. The number of nitrogens with two attached hydrogens (primary N) is 1. The fourth-order valence-corrected chi connectivity index (χ4v) is 4.59. The fraction of sp³-hybridized carbons (Fsp3) is 0.538. The summed E-state index contributed by atoms with van der Waals surface area (Å²) < 4.78 is 27.1. The number of benzene rings is 1. The Morgan fingerprint density at radius 1 is 1.39 bits per heavy atom. The lowest BCUT2D eigenvalue weighted by molar-refractivity contribution is -0.387. The average Bonchev–Trinajstić information content (AvgIpc) is 2.46. The van der Waals surface area contributed by atoms with E-state index in [9.17, 15) is 18.5 Å². The van der Waals surface area contributed by atoms with E-state index in [0.29, 0.717) is 30.4 Å². The molecule has 130 valence electrons. The molecule has 1 fully saturated rings.